The number of carbonyl (C=O) groups excluding carboxylic acids is 1. The Morgan fingerprint density at radius 2 is 1.91 bits per heavy atom. The molecule has 6 nitrogen and oxygen atoms in total. The Morgan fingerprint density at radius 3 is 2.73 bits per heavy atom. The second-order valence-electron chi connectivity index (χ2n) is 8.49. The van der Waals surface area contributed by atoms with E-state index < -0.39 is 0 Å². The van der Waals surface area contributed by atoms with Crippen LogP contribution in [-0.2, 0) is 0 Å². The molecule has 0 N–H and O–H groups in total. The summed E-state index contributed by atoms with van der Waals surface area (Å²) in [7, 11) is 0. The van der Waals surface area contributed by atoms with E-state index in [0.717, 1.165) is 34.1 Å². The molecular weight excluding hydrogens is 412 g/mol. The average molecular weight is 437 g/mol. The van der Waals surface area contributed by atoms with Crippen LogP contribution < -0.4 is 4.74 Å². The van der Waals surface area contributed by atoms with Gasteiger partial charge >= 0.3 is 0 Å². The van der Waals surface area contributed by atoms with Crippen molar-refractivity contribution >= 4 is 17.4 Å². The summed E-state index contributed by atoms with van der Waals surface area (Å²) < 4.78 is 6.21. The predicted molar refractivity (Wildman–Crippen MR) is 127 cm³/mol. The normalized spacial score (nSPS) is 17.1. The quantitative estimate of drug-likeness (QED) is 0.544. The van der Waals surface area contributed by atoms with Crippen LogP contribution in [0.5, 0.6) is 11.5 Å². The Labute approximate surface area is 193 Å². The lowest BCUT2D eigenvalue weighted by atomic mass is 10.1. The number of hydrogen-bond acceptors (Lipinski definition) is 5. The third-order valence-corrected chi connectivity index (χ3v) is 6.11. The molecule has 0 aromatic heterocycles. The molecule has 1 fully saturated rings. The fraction of sp³-hybridized carbons (Fsp3) is 0.222. The van der Waals surface area contributed by atoms with Gasteiger partial charge in [-0.3, -0.25) is 4.79 Å². The van der Waals surface area contributed by atoms with Crippen molar-refractivity contribution in [2.45, 2.75) is 19.9 Å². The Kier molecular flexibility index (Phi) is 5.31. The van der Waals surface area contributed by atoms with Gasteiger partial charge in [0.05, 0.1) is 17.2 Å². The third kappa shape index (κ3) is 3.94. The highest BCUT2D eigenvalue weighted by Crippen LogP contribution is 2.38. The predicted octanol–water partition coefficient (Wildman–Crippen LogP) is 4.90. The summed E-state index contributed by atoms with van der Waals surface area (Å²) in [6, 6.07) is 22.9. The number of nitriles is 1. The van der Waals surface area contributed by atoms with Gasteiger partial charge in [-0.2, -0.15) is 5.26 Å². The third-order valence-electron chi connectivity index (χ3n) is 6.11. The summed E-state index contributed by atoms with van der Waals surface area (Å²) >= 11 is 0. The van der Waals surface area contributed by atoms with Crippen molar-refractivity contribution in [3.63, 3.8) is 0 Å². The van der Waals surface area contributed by atoms with Crippen LogP contribution >= 0.6 is 0 Å². The van der Waals surface area contributed by atoms with E-state index in [1.54, 1.807) is 24.3 Å². The molecule has 33 heavy (non-hydrogen) atoms. The van der Waals surface area contributed by atoms with Crippen molar-refractivity contribution < 1.29 is 9.53 Å². The molecule has 5 rings (SSSR count). The van der Waals surface area contributed by atoms with Crippen LogP contribution in [0.2, 0.25) is 0 Å². The number of piperazine rings is 1. The molecule has 1 amide bonds. The van der Waals surface area contributed by atoms with Crippen LogP contribution in [-0.4, -0.2) is 47.2 Å². The van der Waals surface area contributed by atoms with Gasteiger partial charge in [-0.15, -0.1) is 0 Å². The monoisotopic (exact) mass is 436 g/mol. The molecule has 0 bridgehead atoms. The second-order valence-corrected chi connectivity index (χ2v) is 8.49. The van der Waals surface area contributed by atoms with Gasteiger partial charge in [-0.25, -0.2) is 4.99 Å². The van der Waals surface area contributed by atoms with Crippen molar-refractivity contribution in [1.29, 1.82) is 5.26 Å². The van der Waals surface area contributed by atoms with Gasteiger partial charge in [0.2, 0.25) is 0 Å². The first-order valence-electron chi connectivity index (χ1n) is 11.1. The van der Waals surface area contributed by atoms with Gasteiger partial charge in [-0.05, 0) is 56.3 Å². The van der Waals surface area contributed by atoms with Crippen molar-refractivity contribution in [2.75, 3.05) is 19.6 Å². The smallest absolute Gasteiger partial charge is 0.254 e. The summed E-state index contributed by atoms with van der Waals surface area (Å²) in [6.07, 6.45) is 0. The number of amidine groups is 1. The molecule has 2 heterocycles. The summed E-state index contributed by atoms with van der Waals surface area (Å²) in [4.78, 5) is 22.3. The summed E-state index contributed by atoms with van der Waals surface area (Å²) in [5.41, 5.74) is 3.92. The SMILES string of the molecule is Cc1ccc2c(c1)C(N1CCN(C(=O)c3cccc(C#N)c3)[C@H](C)C1)=Nc1ccccc1O2. The molecule has 1 atom stereocenters. The summed E-state index contributed by atoms with van der Waals surface area (Å²) in [5.74, 6) is 2.33. The molecular formula is C27H24N4O2. The van der Waals surface area contributed by atoms with Crippen molar-refractivity contribution in [2.24, 2.45) is 4.99 Å². The maximum Gasteiger partial charge on any atom is 0.254 e. The molecule has 164 valence electrons. The fourth-order valence-corrected chi connectivity index (χ4v) is 4.42. The van der Waals surface area contributed by atoms with E-state index in [1.807, 2.05) is 41.3 Å². The lowest BCUT2D eigenvalue weighted by Gasteiger charge is -2.41. The van der Waals surface area contributed by atoms with Crippen molar-refractivity contribution in [3.8, 4) is 17.6 Å². The number of fused-ring (bicyclic) bond motifs is 2. The number of nitrogens with zero attached hydrogens (tertiary/aromatic N) is 4. The molecule has 3 aromatic rings. The van der Waals surface area contributed by atoms with Crippen LogP contribution in [0, 0.1) is 18.3 Å². The van der Waals surface area contributed by atoms with Crippen LogP contribution in [0.15, 0.2) is 71.7 Å². The lowest BCUT2D eigenvalue weighted by molar-refractivity contribution is 0.0581. The van der Waals surface area contributed by atoms with Crippen molar-refractivity contribution in [3.05, 3.63) is 89.0 Å². The Bertz CT molecular complexity index is 1310. The Hall–Kier alpha value is -4.11. The zero-order valence-corrected chi connectivity index (χ0v) is 18.7. The number of carbonyl (C=O) groups is 1. The first-order chi connectivity index (χ1) is 16.0. The minimum Gasteiger partial charge on any atom is -0.454 e. The van der Waals surface area contributed by atoms with Gasteiger partial charge in [-0.1, -0.05) is 29.8 Å². The molecule has 6 heteroatoms. The number of aryl methyl sites for hydroxylation is 1. The highest BCUT2D eigenvalue weighted by atomic mass is 16.5. The Morgan fingerprint density at radius 1 is 1.06 bits per heavy atom. The molecule has 0 aliphatic carbocycles. The first kappa shape index (κ1) is 20.8. The number of amides is 1. The van der Waals surface area contributed by atoms with Crippen LogP contribution in [0.1, 0.15) is 34.0 Å². The lowest BCUT2D eigenvalue weighted by Crippen LogP contribution is -2.55. The number of ether oxygens (including phenoxy) is 1. The maximum absolute atomic E-state index is 13.2. The maximum atomic E-state index is 13.2. The van der Waals surface area contributed by atoms with Crippen molar-refractivity contribution in [1.82, 2.24) is 9.80 Å². The average Bonchev–Trinajstić information content (AvgIpc) is 3.00. The molecule has 1 saturated heterocycles. The van der Waals surface area contributed by atoms with Crippen LogP contribution in [0.4, 0.5) is 5.69 Å². The minimum absolute atomic E-state index is 0.0210. The molecule has 0 unspecified atom stereocenters. The van der Waals surface area contributed by atoms with E-state index in [9.17, 15) is 10.1 Å². The molecule has 2 aliphatic rings. The summed E-state index contributed by atoms with van der Waals surface area (Å²) in [5, 5.41) is 9.17. The number of rotatable bonds is 1. The minimum atomic E-state index is -0.0491. The van der Waals surface area contributed by atoms with E-state index in [1.165, 1.54) is 0 Å². The topological polar surface area (TPSA) is 68.9 Å². The number of benzene rings is 3. The fourth-order valence-electron chi connectivity index (χ4n) is 4.42. The standard InChI is InChI=1S/C27H24N4O2/c1-18-10-11-24-22(14-18)26(29-23-8-3-4-9-25(23)33-24)30-12-13-31(19(2)17-30)27(32)21-7-5-6-20(15-21)16-28/h3-11,14-15,19H,12-13,17H2,1-2H3/t19-/m1/s1. The van der Waals surface area contributed by atoms with E-state index >= 15 is 0 Å². The molecule has 3 aromatic carbocycles. The highest BCUT2D eigenvalue weighted by molar-refractivity contribution is 6.04. The number of aliphatic imine (C=N–C) groups is 1. The number of hydrogen-bond donors (Lipinski definition) is 0. The van der Waals surface area contributed by atoms with Gasteiger partial charge in [0.15, 0.2) is 5.75 Å². The molecule has 2 aliphatic heterocycles. The largest absolute Gasteiger partial charge is 0.454 e. The zero-order valence-electron chi connectivity index (χ0n) is 18.7. The van der Waals surface area contributed by atoms with Gasteiger partial charge < -0.3 is 14.5 Å². The van der Waals surface area contributed by atoms with Gasteiger partial charge in [0.1, 0.15) is 17.3 Å². The molecule has 0 saturated carbocycles. The van der Waals surface area contributed by atoms with E-state index in [4.69, 9.17) is 9.73 Å². The summed E-state index contributed by atoms with van der Waals surface area (Å²) in [6.45, 7) is 5.99. The van der Waals surface area contributed by atoms with E-state index in [0.29, 0.717) is 30.8 Å². The van der Waals surface area contributed by atoms with Gasteiger partial charge in [0, 0.05) is 31.2 Å². The van der Waals surface area contributed by atoms with Gasteiger partial charge in [0.25, 0.3) is 5.91 Å². The van der Waals surface area contributed by atoms with Crippen LogP contribution in [0.3, 0.4) is 0 Å². The molecule has 0 radical (unpaired) electrons. The zero-order chi connectivity index (χ0) is 22.9. The number of para-hydroxylation sites is 2. The van der Waals surface area contributed by atoms with E-state index in [-0.39, 0.29) is 11.9 Å². The Balaban J connectivity index is 1.45. The van der Waals surface area contributed by atoms with Crippen LogP contribution in [0.25, 0.3) is 0 Å². The highest BCUT2D eigenvalue weighted by Gasteiger charge is 2.32. The first-order valence-corrected chi connectivity index (χ1v) is 11.1. The molecule has 0 spiro atoms. The van der Waals surface area contributed by atoms with E-state index in [2.05, 4.69) is 30.9 Å². The second kappa shape index (κ2) is 8.44.